The largest absolute Gasteiger partial charge is 0.282 e. The molecule has 2 rings (SSSR count). The summed E-state index contributed by atoms with van der Waals surface area (Å²) in [6.45, 7) is 2.21. The van der Waals surface area contributed by atoms with Gasteiger partial charge in [-0.2, -0.15) is 22.3 Å². The Balaban J connectivity index is 2.07. The summed E-state index contributed by atoms with van der Waals surface area (Å²) in [5.74, 6) is -0.138. The molecule has 0 amide bonds. The molecule has 0 spiro atoms. The normalized spacial score (nSPS) is 28.5. The summed E-state index contributed by atoms with van der Waals surface area (Å²) >= 11 is 0. The molecule has 0 aromatic rings. The Morgan fingerprint density at radius 2 is 1.56 bits per heavy atom. The van der Waals surface area contributed by atoms with Gasteiger partial charge in [0.1, 0.15) is 0 Å². The fourth-order valence-corrected chi connectivity index (χ4v) is 4.47. The average molecular weight is 271 g/mol. The lowest BCUT2D eigenvalue weighted by molar-refractivity contribution is 0.276. The molecular formula is C12H21N3O2S. The second kappa shape index (κ2) is 6.00. The van der Waals surface area contributed by atoms with Gasteiger partial charge in [-0.05, 0) is 25.7 Å². The molecule has 1 unspecified atom stereocenters. The summed E-state index contributed by atoms with van der Waals surface area (Å²) in [6.07, 6.45) is 5.76. The Morgan fingerprint density at radius 3 is 2.17 bits per heavy atom. The van der Waals surface area contributed by atoms with Crippen LogP contribution in [0.15, 0.2) is 0 Å². The molecule has 0 aromatic heterocycles. The van der Waals surface area contributed by atoms with Crippen molar-refractivity contribution in [3.8, 4) is 6.07 Å². The summed E-state index contributed by atoms with van der Waals surface area (Å²) in [5.41, 5.74) is 0. The van der Waals surface area contributed by atoms with Crippen LogP contribution in [-0.4, -0.2) is 43.2 Å². The molecule has 0 N–H and O–H groups in total. The molecule has 6 heteroatoms. The van der Waals surface area contributed by atoms with E-state index in [4.69, 9.17) is 5.26 Å². The molecular weight excluding hydrogens is 250 g/mol. The maximum atomic E-state index is 12.5. The molecule has 0 radical (unpaired) electrons. The van der Waals surface area contributed by atoms with Crippen molar-refractivity contribution in [3.05, 3.63) is 0 Å². The van der Waals surface area contributed by atoms with E-state index in [1.165, 1.54) is 4.31 Å². The van der Waals surface area contributed by atoms with Crippen LogP contribution in [0.3, 0.4) is 0 Å². The lowest BCUT2D eigenvalue weighted by Gasteiger charge is -2.33. The number of piperidine rings is 1. The summed E-state index contributed by atoms with van der Waals surface area (Å²) < 4.78 is 28.1. The van der Waals surface area contributed by atoms with Crippen LogP contribution in [0.5, 0.6) is 0 Å². The third-order valence-electron chi connectivity index (χ3n) is 3.78. The summed E-state index contributed by atoms with van der Waals surface area (Å²) in [5, 5.41) is 8.94. The zero-order chi connectivity index (χ0) is 13.0. The van der Waals surface area contributed by atoms with Gasteiger partial charge < -0.3 is 0 Å². The second-order valence-electron chi connectivity index (χ2n) is 5.15. The van der Waals surface area contributed by atoms with E-state index in [-0.39, 0.29) is 5.92 Å². The summed E-state index contributed by atoms with van der Waals surface area (Å²) in [4.78, 5) is 0. The SMILES string of the molecule is N#CC1CCCN(S(=O)(=O)N2CCCCCC2)C1. The fourth-order valence-electron chi connectivity index (χ4n) is 2.69. The van der Waals surface area contributed by atoms with E-state index in [2.05, 4.69) is 6.07 Å². The van der Waals surface area contributed by atoms with Gasteiger partial charge in [-0.3, -0.25) is 0 Å². The van der Waals surface area contributed by atoms with Gasteiger partial charge in [0.05, 0.1) is 12.0 Å². The number of hydrogen-bond acceptors (Lipinski definition) is 3. The highest BCUT2D eigenvalue weighted by molar-refractivity contribution is 7.86. The van der Waals surface area contributed by atoms with Crippen LogP contribution in [0.4, 0.5) is 0 Å². The highest BCUT2D eigenvalue weighted by atomic mass is 32.2. The lowest BCUT2D eigenvalue weighted by Crippen LogP contribution is -2.48. The quantitative estimate of drug-likeness (QED) is 0.761. The first-order chi connectivity index (χ1) is 8.64. The van der Waals surface area contributed by atoms with Crippen LogP contribution in [0.2, 0.25) is 0 Å². The Kier molecular flexibility index (Phi) is 4.60. The molecule has 2 saturated heterocycles. The smallest absolute Gasteiger partial charge is 0.198 e. The number of rotatable bonds is 2. The first kappa shape index (κ1) is 13.8. The highest BCUT2D eigenvalue weighted by Crippen LogP contribution is 2.22. The number of hydrogen-bond donors (Lipinski definition) is 0. The summed E-state index contributed by atoms with van der Waals surface area (Å²) in [6, 6.07) is 2.20. The van der Waals surface area contributed by atoms with Crippen LogP contribution in [0, 0.1) is 17.2 Å². The second-order valence-corrected chi connectivity index (χ2v) is 7.08. The van der Waals surface area contributed by atoms with Crippen LogP contribution >= 0.6 is 0 Å². The minimum absolute atomic E-state index is 0.138. The van der Waals surface area contributed by atoms with E-state index < -0.39 is 10.2 Å². The Hall–Kier alpha value is -0.640. The summed E-state index contributed by atoms with van der Waals surface area (Å²) in [7, 11) is -3.34. The van der Waals surface area contributed by atoms with Crippen LogP contribution in [0.25, 0.3) is 0 Å². The van der Waals surface area contributed by atoms with Crippen molar-refractivity contribution >= 4 is 10.2 Å². The van der Waals surface area contributed by atoms with Gasteiger partial charge in [-0.15, -0.1) is 0 Å². The molecule has 2 aliphatic heterocycles. The van der Waals surface area contributed by atoms with E-state index in [0.29, 0.717) is 26.2 Å². The first-order valence-electron chi connectivity index (χ1n) is 6.79. The van der Waals surface area contributed by atoms with Crippen molar-refractivity contribution in [1.29, 1.82) is 5.26 Å². The maximum Gasteiger partial charge on any atom is 0.282 e. The van der Waals surface area contributed by atoms with E-state index in [1.807, 2.05) is 0 Å². The van der Waals surface area contributed by atoms with Crippen LogP contribution in [0.1, 0.15) is 38.5 Å². The van der Waals surface area contributed by atoms with Crippen molar-refractivity contribution in [2.24, 2.45) is 5.92 Å². The molecule has 0 saturated carbocycles. The van der Waals surface area contributed by atoms with Crippen molar-refractivity contribution in [2.45, 2.75) is 38.5 Å². The van der Waals surface area contributed by atoms with E-state index in [9.17, 15) is 8.42 Å². The third-order valence-corrected chi connectivity index (χ3v) is 5.79. The molecule has 2 fully saturated rings. The fraction of sp³-hybridized carbons (Fsp3) is 0.917. The van der Waals surface area contributed by atoms with Gasteiger partial charge in [-0.1, -0.05) is 12.8 Å². The average Bonchev–Trinajstić information content (AvgIpc) is 2.68. The van der Waals surface area contributed by atoms with Gasteiger partial charge in [0.2, 0.25) is 0 Å². The Bertz CT molecular complexity index is 408. The standard InChI is InChI=1S/C12H21N3O2S/c13-10-12-6-5-9-15(11-12)18(16,17)14-7-3-1-2-4-8-14/h12H,1-9,11H2. The van der Waals surface area contributed by atoms with Gasteiger partial charge in [0, 0.05) is 26.2 Å². The molecule has 1 atom stereocenters. The molecule has 5 nitrogen and oxygen atoms in total. The monoisotopic (exact) mass is 271 g/mol. The minimum Gasteiger partial charge on any atom is -0.198 e. The molecule has 18 heavy (non-hydrogen) atoms. The predicted molar refractivity (Wildman–Crippen MR) is 68.9 cm³/mol. The van der Waals surface area contributed by atoms with Crippen molar-refractivity contribution in [3.63, 3.8) is 0 Å². The first-order valence-corrected chi connectivity index (χ1v) is 8.19. The van der Waals surface area contributed by atoms with Gasteiger partial charge in [-0.25, -0.2) is 0 Å². The van der Waals surface area contributed by atoms with Crippen LogP contribution in [-0.2, 0) is 10.2 Å². The van der Waals surface area contributed by atoms with E-state index in [0.717, 1.165) is 38.5 Å². The predicted octanol–water partition coefficient (Wildman–Crippen LogP) is 1.34. The van der Waals surface area contributed by atoms with Crippen LogP contribution < -0.4 is 0 Å². The van der Waals surface area contributed by atoms with Crippen molar-refractivity contribution in [1.82, 2.24) is 8.61 Å². The molecule has 2 aliphatic rings. The Morgan fingerprint density at radius 1 is 0.944 bits per heavy atom. The Labute approximate surface area is 110 Å². The van der Waals surface area contributed by atoms with Crippen molar-refractivity contribution < 1.29 is 8.42 Å². The van der Waals surface area contributed by atoms with Gasteiger partial charge in [0.15, 0.2) is 0 Å². The van der Waals surface area contributed by atoms with Crippen molar-refractivity contribution in [2.75, 3.05) is 26.2 Å². The molecule has 102 valence electrons. The molecule has 0 aliphatic carbocycles. The molecule has 2 heterocycles. The molecule has 0 bridgehead atoms. The van der Waals surface area contributed by atoms with Gasteiger partial charge in [0.25, 0.3) is 10.2 Å². The highest BCUT2D eigenvalue weighted by Gasteiger charge is 2.33. The zero-order valence-corrected chi connectivity index (χ0v) is 11.5. The zero-order valence-electron chi connectivity index (χ0n) is 10.7. The van der Waals surface area contributed by atoms with Gasteiger partial charge >= 0.3 is 0 Å². The minimum atomic E-state index is -3.34. The van der Waals surface area contributed by atoms with E-state index >= 15 is 0 Å². The number of nitriles is 1. The number of nitrogens with zero attached hydrogens (tertiary/aromatic N) is 3. The van der Waals surface area contributed by atoms with E-state index in [1.54, 1.807) is 4.31 Å². The third kappa shape index (κ3) is 3.02. The molecule has 0 aromatic carbocycles. The topological polar surface area (TPSA) is 64.4 Å². The maximum absolute atomic E-state index is 12.5. The lowest BCUT2D eigenvalue weighted by atomic mass is 10.0.